The summed E-state index contributed by atoms with van der Waals surface area (Å²) < 4.78 is 11.3. The summed E-state index contributed by atoms with van der Waals surface area (Å²) in [7, 11) is 0. The van der Waals surface area contributed by atoms with E-state index in [2.05, 4.69) is 13.0 Å². The van der Waals surface area contributed by atoms with Gasteiger partial charge in [0.2, 0.25) is 0 Å². The first-order chi connectivity index (χ1) is 9.61. The van der Waals surface area contributed by atoms with Gasteiger partial charge in [0.1, 0.15) is 16.9 Å². The lowest BCUT2D eigenvalue weighted by molar-refractivity contribution is 0.426. The molecule has 0 bridgehead atoms. The second-order valence-corrected chi connectivity index (χ2v) is 5.94. The molecule has 1 aliphatic rings. The Morgan fingerprint density at radius 2 is 1.90 bits per heavy atom. The second kappa shape index (κ2) is 3.98. The number of furan rings is 1. The van der Waals surface area contributed by atoms with E-state index >= 15 is 0 Å². The Kier molecular flexibility index (Phi) is 2.34. The number of hydrogen-bond acceptors (Lipinski definition) is 3. The van der Waals surface area contributed by atoms with Crippen molar-refractivity contribution in [1.82, 2.24) is 0 Å². The standard InChI is InChI=1S/C17H16O3/c1-9-3-4-11-13-7-12-10(2)6-17(18)20-15(12)8-16(13)19-14(11)5-9/h6-9H,3-5H2,1-2H3. The first-order valence-corrected chi connectivity index (χ1v) is 7.10. The Bertz CT molecular complexity index is 883. The molecule has 1 unspecified atom stereocenters. The van der Waals surface area contributed by atoms with Gasteiger partial charge < -0.3 is 8.83 Å². The quantitative estimate of drug-likeness (QED) is 0.579. The molecule has 102 valence electrons. The first-order valence-electron chi connectivity index (χ1n) is 7.10. The van der Waals surface area contributed by atoms with Gasteiger partial charge in [0.15, 0.2) is 0 Å². The topological polar surface area (TPSA) is 43.4 Å². The highest BCUT2D eigenvalue weighted by atomic mass is 16.4. The minimum absolute atomic E-state index is 0.306. The van der Waals surface area contributed by atoms with Crippen LogP contribution in [0.15, 0.2) is 31.8 Å². The zero-order valence-corrected chi connectivity index (χ0v) is 11.7. The number of benzene rings is 1. The maximum absolute atomic E-state index is 11.5. The predicted molar refractivity (Wildman–Crippen MR) is 78.2 cm³/mol. The molecule has 0 aliphatic heterocycles. The van der Waals surface area contributed by atoms with Gasteiger partial charge in [0.25, 0.3) is 0 Å². The summed E-state index contributed by atoms with van der Waals surface area (Å²) in [5.74, 6) is 1.78. The Morgan fingerprint density at radius 3 is 2.75 bits per heavy atom. The number of aryl methyl sites for hydroxylation is 2. The molecular weight excluding hydrogens is 252 g/mol. The molecule has 0 N–H and O–H groups in total. The fraction of sp³-hybridized carbons (Fsp3) is 0.353. The van der Waals surface area contributed by atoms with Crippen LogP contribution in [0.5, 0.6) is 0 Å². The Hall–Kier alpha value is -2.03. The van der Waals surface area contributed by atoms with Crippen molar-refractivity contribution in [3.63, 3.8) is 0 Å². The molecule has 3 aromatic rings. The second-order valence-electron chi connectivity index (χ2n) is 5.94. The van der Waals surface area contributed by atoms with Gasteiger partial charge in [-0.2, -0.15) is 0 Å². The van der Waals surface area contributed by atoms with Crippen LogP contribution in [0.25, 0.3) is 21.9 Å². The van der Waals surface area contributed by atoms with Crippen LogP contribution in [0.2, 0.25) is 0 Å². The van der Waals surface area contributed by atoms with Gasteiger partial charge in [-0.1, -0.05) is 6.92 Å². The van der Waals surface area contributed by atoms with Crippen LogP contribution in [0.4, 0.5) is 0 Å². The van der Waals surface area contributed by atoms with Gasteiger partial charge in [0, 0.05) is 34.9 Å². The van der Waals surface area contributed by atoms with Crippen molar-refractivity contribution in [1.29, 1.82) is 0 Å². The van der Waals surface area contributed by atoms with Crippen molar-refractivity contribution in [2.75, 3.05) is 0 Å². The van der Waals surface area contributed by atoms with Crippen molar-refractivity contribution in [3.8, 4) is 0 Å². The fourth-order valence-electron chi connectivity index (χ4n) is 3.26. The van der Waals surface area contributed by atoms with Crippen LogP contribution in [0.3, 0.4) is 0 Å². The van der Waals surface area contributed by atoms with E-state index in [1.807, 2.05) is 13.0 Å². The lowest BCUT2D eigenvalue weighted by Gasteiger charge is -2.16. The normalized spacial score (nSPS) is 18.6. The SMILES string of the molecule is Cc1cc(=O)oc2cc3oc4c(c3cc12)CCC(C)C4. The third kappa shape index (κ3) is 1.62. The highest BCUT2D eigenvalue weighted by Gasteiger charge is 2.22. The molecule has 1 atom stereocenters. The van der Waals surface area contributed by atoms with E-state index in [0.29, 0.717) is 11.5 Å². The predicted octanol–water partition coefficient (Wildman–Crippen LogP) is 3.97. The van der Waals surface area contributed by atoms with Gasteiger partial charge in [0.05, 0.1) is 0 Å². The van der Waals surface area contributed by atoms with E-state index in [4.69, 9.17) is 8.83 Å². The minimum atomic E-state index is -0.306. The van der Waals surface area contributed by atoms with Crippen molar-refractivity contribution < 1.29 is 8.83 Å². The first kappa shape index (κ1) is 11.8. The summed E-state index contributed by atoms with van der Waals surface area (Å²) in [6.45, 7) is 4.20. The molecule has 0 spiro atoms. The van der Waals surface area contributed by atoms with Crippen LogP contribution in [-0.2, 0) is 12.8 Å². The minimum Gasteiger partial charge on any atom is -0.461 e. The monoisotopic (exact) mass is 268 g/mol. The molecule has 0 fully saturated rings. The smallest absolute Gasteiger partial charge is 0.336 e. The van der Waals surface area contributed by atoms with Crippen LogP contribution in [0.1, 0.15) is 30.2 Å². The molecule has 4 rings (SSSR count). The zero-order chi connectivity index (χ0) is 13.9. The number of rotatable bonds is 0. The molecular formula is C17H16O3. The number of hydrogen-bond donors (Lipinski definition) is 0. The zero-order valence-electron chi connectivity index (χ0n) is 11.7. The van der Waals surface area contributed by atoms with Crippen molar-refractivity contribution in [3.05, 3.63) is 45.5 Å². The summed E-state index contributed by atoms with van der Waals surface area (Å²) in [5, 5.41) is 2.18. The lowest BCUT2D eigenvalue weighted by atomic mass is 9.88. The van der Waals surface area contributed by atoms with Gasteiger partial charge in [-0.05, 0) is 37.3 Å². The fourth-order valence-corrected chi connectivity index (χ4v) is 3.26. The highest BCUT2D eigenvalue weighted by Crippen LogP contribution is 2.36. The van der Waals surface area contributed by atoms with E-state index in [0.717, 1.165) is 35.1 Å². The summed E-state index contributed by atoms with van der Waals surface area (Å²) >= 11 is 0. The van der Waals surface area contributed by atoms with Gasteiger partial charge >= 0.3 is 5.63 Å². The summed E-state index contributed by atoms with van der Waals surface area (Å²) in [4.78, 5) is 11.5. The molecule has 0 radical (unpaired) electrons. The van der Waals surface area contributed by atoms with E-state index in [1.54, 1.807) is 6.07 Å². The molecule has 3 nitrogen and oxygen atoms in total. The van der Waals surface area contributed by atoms with Crippen LogP contribution >= 0.6 is 0 Å². The maximum atomic E-state index is 11.5. The van der Waals surface area contributed by atoms with E-state index in [9.17, 15) is 4.79 Å². The molecule has 1 aromatic carbocycles. The largest absolute Gasteiger partial charge is 0.461 e. The molecule has 3 heteroatoms. The van der Waals surface area contributed by atoms with E-state index in [1.165, 1.54) is 17.4 Å². The van der Waals surface area contributed by atoms with Crippen molar-refractivity contribution in [2.24, 2.45) is 5.92 Å². The molecule has 2 heterocycles. The summed E-state index contributed by atoms with van der Waals surface area (Å²) in [5.41, 5.74) is 3.44. The average Bonchev–Trinajstić information content (AvgIpc) is 2.72. The average molecular weight is 268 g/mol. The third-order valence-electron chi connectivity index (χ3n) is 4.37. The molecule has 2 aromatic heterocycles. The van der Waals surface area contributed by atoms with Crippen LogP contribution in [0, 0.1) is 12.8 Å². The van der Waals surface area contributed by atoms with E-state index in [-0.39, 0.29) is 5.63 Å². The summed E-state index contributed by atoms with van der Waals surface area (Å²) in [6.07, 6.45) is 3.29. The van der Waals surface area contributed by atoms with Crippen LogP contribution < -0.4 is 5.63 Å². The molecule has 0 amide bonds. The highest BCUT2D eigenvalue weighted by molar-refractivity contribution is 5.96. The summed E-state index contributed by atoms with van der Waals surface area (Å²) in [6, 6.07) is 5.52. The van der Waals surface area contributed by atoms with E-state index < -0.39 is 0 Å². The molecule has 20 heavy (non-hydrogen) atoms. The van der Waals surface area contributed by atoms with Gasteiger partial charge in [-0.15, -0.1) is 0 Å². The molecule has 0 saturated heterocycles. The van der Waals surface area contributed by atoms with Gasteiger partial charge in [-0.25, -0.2) is 4.79 Å². The van der Waals surface area contributed by atoms with Crippen molar-refractivity contribution in [2.45, 2.75) is 33.1 Å². The number of fused-ring (bicyclic) bond motifs is 4. The molecule has 0 saturated carbocycles. The van der Waals surface area contributed by atoms with Crippen molar-refractivity contribution >= 4 is 21.9 Å². The third-order valence-corrected chi connectivity index (χ3v) is 4.37. The van der Waals surface area contributed by atoms with Crippen LogP contribution in [-0.4, -0.2) is 0 Å². The Labute approximate surface area is 116 Å². The lowest BCUT2D eigenvalue weighted by Crippen LogP contribution is -2.08. The molecule has 1 aliphatic carbocycles. The Morgan fingerprint density at radius 1 is 1.10 bits per heavy atom. The maximum Gasteiger partial charge on any atom is 0.336 e. The van der Waals surface area contributed by atoms with Gasteiger partial charge in [-0.3, -0.25) is 0 Å². The Balaban J connectivity index is 2.08.